The number of carboxylic acid groups (broad SMARTS) is 1. The lowest BCUT2D eigenvalue weighted by Crippen LogP contribution is -2.46. The average molecular weight is 569 g/mol. The number of alkyl halides is 2. The lowest BCUT2D eigenvalue weighted by atomic mass is 9.82. The van der Waals surface area contributed by atoms with Crippen molar-refractivity contribution in [3.05, 3.63) is 63.5 Å². The number of ether oxygens (including phenoxy) is 1. The first kappa shape index (κ1) is 28.1. The van der Waals surface area contributed by atoms with Crippen LogP contribution in [-0.2, 0) is 19.9 Å². The molecule has 2 N–H and O–H groups in total. The van der Waals surface area contributed by atoms with Crippen LogP contribution in [0.1, 0.15) is 30.8 Å². The van der Waals surface area contributed by atoms with Crippen LogP contribution in [0.2, 0.25) is 0 Å². The molecule has 0 spiro atoms. The second kappa shape index (κ2) is 11.5. The number of likely N-dealkylation sites (tertiary alicyclic amines) is 1. The molecule has 2 aromatic rings. The summed E-state index contributed by atoms with van der Waals surface area (Å²) in [4.78, 5) is 35.0. The maximum Gasteiger partial charge on any atom is 0.338 e. The third-order valence-electron chi connectivity index (χ3n) is 6.30. The van der Waals surface area contributed by atoms with Gasteiger partial charge in [-0.2, -0.15) is 0 Å². The third kappa shape index (κ3) is 6.21. The summed E-state index contributed by atoms with van der Waals surface area (Å²) < 4.78 is 48.3. The average Bonchev–Trinajstić information content (AvgIpc) is 3.47. The Balaban J connectivity index is 1.79. The SMILES string of the molecule is CCOC(=O)C1=C(CN2CC(F)(F)CC2CSCC(=O)O)NC(c2nccs2)=N[C@@]1(C)c1ccc(F)cc1. The first-order valence-electron chi connectivity index (χ1n) is 11.9. The lowest BCUT2D eigenvalue weighted by Gasteiger charge is -2.36. The van der Waals surface area contributed by atoms with Crippen molar-refractivity contribution >= 4 is 40.9 Å². The minimum atomic E-state index is -2.97. The predicted molar refractivity (Wildman–Crippen MR) is 139 cm³/mol. The van der Waals surface area contributed by atoms with E-state index in [0.717, 1.165) is 11.8 Å². The number of nitrogens with zero attached hydrogens (tertiary/aromatic N) is 3. The van der Waals surface area contributed by atoms with Crippen molar-refractivity contribution in [2.24, 2.45) is 4.99 Å². The van der Waals surface area contributed by atoms with Crippen molar-refractivity contribution < 1.29 is 32.6 Å². The van der Waals surface area contributed by atoms with Crippen molar-refractivity contribution in [1.29, 1.82) is 0 Å². The van der Waals surface area contributed by atoms with Crippen LogP contribution in [0.15, 0.2) is 52.1 Å². The summed E-state index contributed by atoms with van der Waals surface area (Å²) in [5.74, 6) is -4.80. The van der Waals surface area contributed by atoms with Crippen molar-refractivity contribution in [2.75, 3.05) is 31.2 Å². The van der Waals surface area contributed by atoms with Crippen LogP contribution in [0.25, 0.3) is 0 Å². The quantitative estimate of drug-likeness (QED) is 0.416. The number of aliphatic imine (C=N–C) groups is 1. The van der Waals surface area contributed by atoms with E-state index in [1.54, 1.807) is 30.3 Å². The molecule has 1 aromatic heterocycles. The number of amidine groups is 1. The fourth-order valence-electron chi connectivity index (χ4n) is 4.67. The number of carbonyl (C=O) groups is 2. The Morgan fingerprint density at radius 2 is 2.05 bits per heavy atom. The number of benzene rings is 1. The van der Waals surface area contributed by atoms with Crippen molar-refractivity contribution in [1.82, 2.24) is 15.2 Å². The van der Waals surface area contributed by atoms with Gasteiger partial charge in [0.25, 0.3) is 5.92 Å². The van der Waals surface area contributed by atoms with Gasteiger partial charge < -0.3 is 15.2 Å². The molecule has 1 aromatic carbocycles. The largest absolute Gasteiger partial charge is 0.481 e. The van der Waals surface area contributed by atoms with Crippen LogP contribution in [0.4, 0.5) is 13.2 Å². The molecule has 4 rings (SSSR count). The van der Waals surface area contributed by atoms with Gasteiger partial charge in [0, 0.05) is 42.0 Å². The molecule has 204 valence electrons. The monoisotopic (exact) mass is 568 g/mol. The van der Waals surface area contributed by atoms with Gasteiger partial charge in [0.1, 0.15) is 11.4 Å². The van der Waals surface area contributed by atoms with Crippen LogP contribution in [0, 0.1) is 5.82 Å². The Hall–Kier alpha value is -2.90. The molecule has 8 nitrogen and oxygen atoms in total. The molecule has 0 aliphatic carbocycles. The molecule has 0 saturated carbocycles. The molecule has 1 fully saturated rings. The fraction of sp³-hybridized carbons (Fsp3) is 0.440. The molecule has 2 aliphatic heterocycles. The van der Waals surface area contributed by atoms with Gasteiger partial charge in [-0.25, -0.2) is 27.9 Å². The predicted octanol–water partition coefficient (Wildman–Crippen LogP) is 3.89. The van der Waals surface area contributed by atoms with Gasteiger partial charge in [-0.15, -0.1) is 23.1 Å². The number of rotatable bonds is 10. The second-order valence-electron chi connectivity index (χ2n) is 9.10. The van der Waals surface area contributed by atoms with Gasteiger partial charge >= 0.3 is 11.9 Å². The van der Waals surface area contributed by atoms with Crippen molar-refractivity contribution in [3.8, 4) is 0 Å². The van der Waals surface area contributed by atoms with E-state index in [-0.39, 0.29) is 30.2 Å². The molecule has 1 saturated heterocycles. The highest BCUT2D eigenvalue weighted by molar-refractivity contribution is 7.99. The number of aliphatic carboxylic acids is 1. The van der Waals surface area contributed by atoms with E-state index in [0.29, 0.717) is 22.1 Å². The molecule has 0 amide bonds. The van der Waals surface area contributed by atoms with E-state index in [1.807, 2.05) is 0 Å². The Morgan fingerprint density at radius 3 is 2.68 bits per heavy atom. The summed E-state index contributed by atoms with van der Waals surface area (Å²) in [7, 11) is 0. The van der Waals surface area contributed by atoms with E-state index in [4.69, 9.17) is 14.8 Å². The van der Waals surface area contributed by atoms with Gasteiger partial charge in [-0.05, 0) is 31.5 Å². The number of aromatic nitrogens is 1. The van der Waals surface area contributed by atoms with Crippen LogP contribution in [-0.4, -0.2) is 75.9 Å². The maximum atomic E-state index is 14.6. The first-order chi connectivity index (χ1) is 18.0. The minimum Gasteiger partial charge on any atom is -0.481 e. The molecule has 13 heteroatoms. The Labute approximate surface area is 226 Å². The standard InChI is InChI=1S/C25H27F3N4O4S2/c1-3-36-23(35)20-18(11-32-14-25(27,28)10-17(32)12-37-13-19(33)34)30-21(22-29-8-9-38-22)31-24(20,2)15-4-6-16(26)7-5-15/h4-9,17H,3,10-14H2,1-2H3,(H,30,31)(H,33,34)/t17?,24-/m0/s1. The van der Waals surface area contributed by atoms with E-state index >= 15 is 0 Å². The van der Waals surface area contributed by atoms with Gasteiger partial charge in [0.2, 0.25) is 0 Å². The summed E-state index contributed by atoms with van der Waals surface area (Å²) in [6, 6.07) is 4.96. The number of thiazole rings is 1. The molecular formula is C25H27F3N4O4S2. The maximum absolute atomic E-state index is 14.6. The molecule has 0 radical (unpaired) electrons. The highest BCUT2D eigenvalue weighted by Crippen LogP contribution is 2.41. The van der Waals surface area contributed by atoms with Crippen molar-refractivity contribution in [2.45, 2.75) is 37.8 Å². The molecule has 38 heavy (non-hydrogen) atoms. The Bertz CT molecular complexity index is 1240. The van der Waals surface area contributed by atoms with E-state index < -0.39 is 48.2 Å². The topological polar surface area (TPSA) is 104 Å². The fourth-order valence-corrected chi connectivity index (χ4v) is 6.15. The normalized spacial score (nSPS) is 23.2. The second-order valence-corrected chi connectivity index (χ2v) is 11.0. The zero-order valence-corrected chi connectivity index (χ0v) is 22.4. The van der Waals surface area contributed by atoms with Crippen LogP contribution in [0.3, 0.4) is 0 Å². The van der Waals surface area contributed by atoms with Gasteiger partial charge in [-0.1, -0.05) is 12.1 Å². The molecule has 2 aliphatic rings. The van der Waals surface area contributed by atoms with Gasteiger partial charge in [0.15, 0.2) is 10.8 Å². The molecular weight excluding hydrogens is 541 g/mol. The van der Waals surface area contributed by atoms with E-state index in [9.17, 15) is 22.8 Å². The number of hydrogen-bond acceptors (Lipinski definition) is 9. The number of nitrogens with one attached hydrogen (secondary N) is 1. The van der Waals surface area contributed by atoms with Crippen LogP contribution < -0.4 is 5.32 Å². The number of hydrogen-bond donors (Lipinski definition) is 2. The Morgan fingerprint density at radius 1 is 1.32 bits per heavy atom. The summed E-state index contributed by atoms with van der Waals surface area (Å²) in [6.07, 6.45) is 1.17. The molecule has 2 atom stereocenters. The smallest absolute Gasteiger partial charge is 0.338 e. The zero-order valence-electron chi connectivity index (χ0n) is 20.7. The van der Waals surface area contributed by atoms with Crippen molar-refractivity contribution in [3.63, 3.8) is 0 Å². The summed E-state index contributed by atoms with van der Waals surface area (Å²) in [5.41, 5.74) is -0.382. The number of thioether (sulfide) groups is 1. The van der Waals surface area contributed by atoms with Crippen LogP contribution >= 0.6 is 23.1 Å². The van der Waals surface area contributed by atoms with Gasteiger partial charge in [0.05, 0.1) is 24.5 Å². The molecule has 1 unspecified atom stereocenters. The van der Waals surface area contributed by atoms with Crippen LogP contribution in [0.5, 0.6) is 0 Å². The highest BCUT2D eigenvalue weighted by atomic mass is 32.2. The lowest BCUT2D eigenvalue weighted by molar-refractivity contribution is -0.139. The summed E-state index contributed by atoms with van der Waals surface area (Å²) >= 11 is 2.38. The number of carboxylic acids is 1. The highest BCUT2D eigenvalue weighted by Gasteiger charge is 2.47. The minimum absolute atomic E-state index is 0.0663. The molecule has 3 heterocycles. The third-order valence-corrected chi connectivity index (χ3v) is 8.15. The van der Waals surface area contributed by atoms with E-state index in [1.165, 1.54) is 35.6 Å². The number of esters is 1. The summed E-state index contributed by atoms with van der Waals surface area (Å²) in [6.45, 7) is 2.81. The Kier molecular flexibility index (Phi) is 8.48. The first-order valence-corrected chi connectivity index (χ1v) is 13.9. The summed E-state index contributed by atoms with van der Waals surface area (Å²) in [5, 5.41) is 14.4. The van der Waals surface area contributed by atoms with Gasteiger partial charge in [-0.3, -0.25) is 9.69 Å². The van der Waals surface area contributed by atoms with E-state index in [2.05, 4.69) is 10.3 Å². The number of carbonyl (C=O) groups excluding carboxylic acids is 1. The zero-order chi connectivity index (χ0) is 27.5. The number of halogens is 3. The molecule has 0 bridgehead atoms.